The van der Waals surface area contributed by atoms with E-state index >= 15 is 0 Å². The Morgan fingerprint density at radius 3 is 2.81 bits per heavy atom. The molecule has 0 saturated carbocycles. The molecule has 112 valence electrons. The Balaban J connectivity index is 2.10. The van der Waals surface area contributed by atoms with Gasteiger partial charge in [-0.05, 0) is 24.6 Å². The van der Waals surface area contributed by atoms with E-state index in [1.165, 1.54) is 28.4 Å². The predicted octanol–water partition coefficient (Wildman–Crippen LogP) is 2.64. The molecule has 1 aromatic carbocycles. The molecule has 0 aliphatic heterocycles. The summed E-state index contributed by atoms with van der Waals surface area (Å²) in [6, 6.07) is 6.29. The summed E-state index contributed by atoms with van der Waals surface area (Å²) < 4.78 is 14.4. The van der Waals surface area contributed by atoms with Crippen molar-refractivity contribution in [1.82, 2.24) is 10.2 Å². The molecule has 0 bridgehead atoms. The van der Waals surface area contributed by atoms with E-state index in [4.69, 9.17) is 0 Å². The molecule has 6 heteroatoms. The normalized spacial score (nSPS) is 10.6. The number of benzene rings is 1. The summed E-state index contributed by atoms with van der Waals surface area (Å²) in [5, 5.41) is 3.16. The molecule has 0 spiro atoms. The van der Waals surface area contributed by atoms with Gasteiger partial charge in [0.15, 0.2) is 0 Å². The highest BCUT2D eigenvalue weighted by atomic mass is 32.1. The zero-order valence-corrected chi connectivity index (χ0v) is 12.8. The second-order valence-corrected chi connectivity index (χ2v) is 5.86. The van der Waals surface area contributed by atoms with Gasteiger partial charge in [-0.25, -0.2) is 4.39 Å². The van der Waals surface area contributed by atoms with Crippen molar-refractivity contribution in [2.24, 2.45) is 0 Å². The molecule has 2 amide bonds. The third kappa shape index (κ3) is 3.58. The van der Waals surface area contributed by atoms with Gasteiger partial charge in [0.25, 0.3) is 5.91 Å². The van der Waals surface area contributed by atoms with Crippen molar-refractivity contribution in [2.45, 2.75) is 13.3 Å². The van der Waals surface area contributed by atoms with E-state index in [-0.39, 0.29) is 24.2 Å². The number of thiophene rings is 1. The number of rotatable bonds is 5. The Morgan fingerprint density at radius 1 is 1.38 bits per heavy atom. The van der Waals surface area contributed by atoms with E-state index in [0.717, 1.165) is 11.1 Å². The van der Waals surface area contributed by atoms with Gasteiger partial charge in [0.1, 0.15) is 5.82 Å². The molecule has 21 heavy (non-hydrogen) atoms. The summed E-state index contributed by atoms with van der Waals surface area (Å²) in [6.07, 6.45) is 0.846. The molecule has 0 fully saturated rings. The maximum atomic E-state index is 13.6. The molecule has 0 aliphatic carbocycles. The molecule has 1 heterocycles. The number of nitrogens with zero attached hydrogens (tertiary/aromatic N) is 1. The topological polar surface area (TPSA) is 49.4 Å². The van der Waals surface area contributed by atoms with Crippen molar-refractivity contribution in [3.05, 3.63) is 35.0 Å². The second kappa shape index (κ2) is 6.67. The maximum absolute atomic E-state index is 13.6. The minimum absolute atomic E-state index is 0.00440. The second-order valence-electron chi connectivity index (χ2n) is 4.77. The smallest absolute Gasteiger partial charge is 0.264 e. The van der Waals surface area contributed by atoms with Crippen LogP contribution < -0.4 is 5.32 Å². The van der Waals surface area contributed by atoms with Crippen LogP contribution in [0.5, 0.6) is 0 Å². The van der Waals surface area contributed by atoms with Gasteiger partial charge in [0, 0.05) is 23.7 Å². The summed E-state index contributed by atoms with van der Waals surface area (Å²) >= 11 is 1.23. The quantitative estimate of drug-likeness (QED) is 0.923. The van der Waals surface area contributed by atoms with E-state index in [1.807, 2.05) is 6.92 Å². The highest BCUT2D eigenvalue weighted by Gasteiger charge is 2.18. The Hall–Kier alpha value is -1.95. The fraction of sp³-hybridized carbons (Fsp3) is 0.333. The first-order chi connectivity index (χ1) is 10.0. The van der Waals surface area contributed by atoms with E-state index in [9.17, 15) is 14.0 Å². The highest BCUT2D eigenvalue weighted by molar-refractivity contribution is 7.20. The van der Waals surface area contributed by atoms with Gasteiger partial charge in [0.05, 0.1) is 11.4 Å². The van der Waals surface area contributed by atoms with Crippen molar-refractivity contribution < 1.29 is 14.0 Å². The van der Waals surface area contributed by atoms with Crippen LogP contribution in [0.3, 0.4) is 0 Å². The molecule has 1 aromatic heterocycles. The van der Waals surface area contributed by atoms with Gasteiger partial charge in [-0.1, -0.05) is 13.0 Å². The van der Waals surface area contributed by atoms with Gasteiger partial charge >= 0.3 is 0 Å². The molecule has 0 atom stereocenters. The van der Waals surface area contributed by atoms with Crippen molar-refractivity contribution in [3.8, 4) is 0 Å². The number of amides is 2. The van der Waals surface area contributed by atoms with Gasteiger partial charge < -0.3 is 10.2 Å². The van der Waals surface area contributed by atoms with Crippen LogP contribution in [0.1, 0.15) is 23.0 Å². The van der Waals surface area contributed by atoms with Crippen LogP contribution in [0.2, 0.25) is 0 Å². The van der Waals surface area contributed by atoms with Crippen molar-refractivity contribution in [2.75, 3.05) is 20.1 Å². The molecule has 1 N–H and O–H groups in total. The number of fused-ring (bicyclic) bond motifs is 1. The van der Waals surface area contributed by atoms with Gasteiger partial charge in [-0.2, -0.15) is 0 Å². The van der Waals surface area contributed by atoms with E-state index in [1.54, 1.807) is 19.2 Å². The Morgan fingerprint density at radius 2 is 2.14 bits per heavy atom. The van der Waals surface area contributed by atoms with Gasteiger partial charge in [-0.15, -0.1) is 11.3 Å². The number of carbonyl (C=O) groups is 2. The monoisotopic (exact) mass is 308 g/mol. The first-order valence-electron chi connectivity index (χ1n) is 6.73. The number of halogens is 1. The third-order valence-electron chi connectivity index (χ3n) is 3.02. The molecule has 0 unspecified atom stereocenters. The summed E-state index contributed by atoms with van der Waals surface area (Å²) in [6.45, 7) is 2.55. The SMILES string of the molecule is CCCNC(=O)CN(C)C(=O)c1cc2c(F)cccc2s1. The molecule has 2 aromatic rings. The molecule has 4 nitrogen and oxygen atoms in total. The first kappa shape index (κ1) is 15.4. The minimum Gasteiger partial charge on any atom is -0.355 e. The first-order valence-corrected chi connectivity index (χ1v) is 7.54. The Bertz CT molecular complexity index is 669. The minimum atomic E-state index is -0.342. The Kier molecular flexibility index (Phi) is 4.90. The lowest BCUT2D eigenvalue weighted by Crippen LogP contribution is -2.38. The van der Waals surface area contributed by atoms with Gasteiger partial charge in [-0.3, -0.25) is 9.59 Å². The van der Waals surface area contributed by atoms with E-state index in [0.29, 0.717) is 16.8 Å². The highest BCUT2D eigenvalue weighted by Crippen LogP contribution is 2.28. The Labute approximate surface area is 126 Å². The average Bonchev–Trinajstić information content (AvgIpc) is 2.89. The molecule has 0 saturated heterocycles. The standard InChI is InChI=1S/C15H17FN2O2S/c1-3-7-17-14(19)9-18(2)15(20)13-8-10-11(16)5-4-6-12(10)21-13/h4-6,8H,3,7,9H2,1-2H3,(H,17,19). The summed E-state index contributed by atoms with van der Waals surface area (Å²) in [5.41, 5.74) is 0. The van der Waals surface area contributed by atoms with Crippen LogP contribution in [-0.2, 0) is 4.79 Å². The number of nitrogens with one attached hydrogen (secondary N) is 1. The fourth-order valence-electron chi connectivity index (χ4n) is 1.93. The fourth-order valence-corrected chi connectivity index (χ4v) is 3.00. The predicted molar refractivity (Wildman–Crippen MR) is 82.0 cm³/mol. The lowest BCUT2D eigenvalue weighted by atomic mass is 10.2. The zero-order valence-electron chi connectivity index (χ0n) is 12.0. The lowest BCUT2D eigenvalue weighted by Gasteiger charge is -2.15. The molecular weight excluding hydrogens is 291 g/mol. The van der Waals surface area contributed by atoms with Crippen LogP contribution in [0.4, 0.5) is 4.39 Å². The number of hydrogen-bond acceptors (Lipinski definition) is 3. The van der Waals surface area contributed by atoms with Crippen LogP contribution in [0.25, 0.3) is 10.1 Å². The van der Waals surface area contributed by atoms with E-state index < -0.39 is 0 Å². The van der Waals surface area contributed by atoms with E-state index in [2.05, 4.69) is 5.32 Å². The maximum Gasteiger partial charge on any atom is 0.264 e. The van der Waals surface area contributed by atoms with Crippen molar-refractivity contribution >= 4 is 33.2 Å². The number of hydrogen-bond donors (Lipinski definition) is 1. The third-order valence-corrected chi connectivity index (χ3v) is 4.11. The van der Waals surface area contributed by atoms with Crippen molar-refractivity contribution in [1.29, 1.82) is 0 Å². The molecule has 2 rings (SSSR count). The largest absolute Gasteiger partial charge is 0.355 e. The van der Waals surface area contributed by atoms with Gasteiger partial charge in [0.2, 0.25) is 5.91 Å². The van der Waals surface area contributed by atoms with Crippen LogP contribution >= 0.6 is 11.3 Å². The molecule has 0 aliphatic rings. The summed E-state index contributed by atoms with van der Waals surface area (Å²) in [5.74, 6) is -0.812. The average molecular weight is 308 g/mol. The van der Waals surface area contributed by atoms with Crippen LogP contribution in [0, 0.1) is 5.82 Å². The number of carbonyl (C=O) groups excluding carboxylic acids is 2. The molecular formula is C15H17FN2O2S. The number of likely N-dealkylation sites (N-methyl/N-ethyl adjacent to an activating group) is 1. The van der Waals surface area contributed by atoms with Crippen molar-refractivity contribution in [3.63, 3.8) is 0 Å². The summed E-state index contributed by atoms with van der Waals surface area (Å²) in [4.78, 5) is 25.7. The molecule has 0 radical (unpaired) electrons. The van der Waals surface area contributed by atoms with Crippen LogP contribution in [0.15, 0.2) is 24.3 Å². The van der Waals surface area contributed by atoms with Crippen LogP contribution in [-0.4, -0.2) is 36.9 Å². The summed E-state index contributed by atoms with van der Waals surface area (Å²) in [7, 11) is 1.56. The lowest BCUT2D eigenvalue weighted by molar-refractivity contribution is -0.121. The zero-order chi connectivity index (χ0) is 15.4.